The largest absolute Gasteiger partial charge is 0.321 e. The molecule has 1 saturated heterocycles. The minimum Gasteiger partial charge on any atom is -0.321 e. The number of pyridine rings is 1. The first kappa shape index (κ1) is 19.5. The second kappa shape index (κ2) is 7.91. The Morgan fingerprint density at radius 2 is 1.97 bits per heavy atom. The molecule has 0 bridgehead atoms. The molecule has 2 aromatic rings. The van der Waals surface area contributed by atoms with Crippen molar-refractivity contribution < 1.29 is 8.78 Å². The Bertz CT molecular complexity index is 1060. The van der Waals surface area contributed by atoms with E-state index in [0.29, 0.717) is 28.0 Å². The van der Waals surface area contributed by atoms with Crippen LogP contribution in [0.3, 0.4) is 0 Å². The number of fused-ring (bicyclic) bond motifs is 1. The Kier molecular flexibility index (Phi) is 5.33. The standard InChI is InChI=1S/C24H25F2N3/c1-15(2)13-29-14-20(12-21(25)16(29)3)19-10-18-4-5-23(17-6-8-27-9-7-17)28-24(18)22(26)11-19/h4-5,10-14,17,27H,3,6-9H2,1-2H3. The molecule has 0 unspecified atom stereocenters. The van der Waals surface area contributed by atoms with Gasteiger partial charge in [-0.15, -0.1) is 0 Å². The maximum absolute atomic E-state index is 15.0. The molecule has 0 atom stereocenters. The van der Waals surface area contributed by atoms with Crippen molar-refractivity contribution in [3.05, 3.63) is 83.5 Å². The molecule has 0 aliphatic carbocycles. The van der Waals surface area contributed by atoms with Gasteiger partial charge in [0.2, 0.25) is 0 Å². The van der Waals surface area contributed by atoms with Crippen molar-refractivity contribution in [2.75, 3.05) is 13.1 Å². The van der Waals surface area contributed by atoms with Gasteiger partial charge in [-0.2, -0.15) is 0 Å². The number of benzene rings is 1. The topological polar surface area (TPSA) is 28.2 Å². The number of allylic oxidation sites excluding steroid dienone is 4. The third-order valence-corrected chi connectivity index (χ3v) is 5.40. The van der Waals surface area contributed by atoms with Gasteiger partial charge >= 0.3 is 0 Å². The summed E-state index contributed by atoms with van der Waals surface area (Å²) < 4.78 is 29.4. The van der Waals surface area contributed by atoms with Gasteiger partial charge in [-0.3, -0.25) is 0 Å². The Balaban J connectivity index is 1.73. The molecule has 1 fully saturated rings. The first-order chi connectivity index (χ1) is 13.9. The molecule has 2 aliphatic heterocycles. The number of halogens is 2. The van der Waals surface area contributed by atoms with Gasteiger partial charge in [0.25, 0.3) is 0 Å². The van der Waals surface area contributed by atoms with Gasteiger partial charge in [-0.25, -0.2) is 13.8 Å². The van der Waals surface area contributed by atoms with Crippen LogP contribution in [0.5, 0.6) is 0 Å². The van der Waals surface area contributed by atoms with E-state index in [9.17, 15) is 8.78 Å². The molecule has 0 saturated carbocycles. The number of rotatable bonds is 3. The third kappa shape index (κ3) is 4.01. The van der Waals surface area contributed by atoms with E-state index < -0.39 is 5.83 Å². The average Bonchev–Trinajstić information content (AvgIpc) is 2.71. The van der Waals surface area contributed by atoms with Gasteiger partial charge in [0.15, 0.2) is 0 Å². The van der Waals surface area contributed by atoms with E-state index in [2.05, 4.69) is 16.9 Å². The summed E-state index contributed by atoms with van der Waals surface area (Å²) in [5.41, 5.74) is 3.80. The number of aromatic nitrogens is 1. The Morgan fingerprint density at radius 1 is 1.21 bits per heavy atom. The Hall–Kier alpha value is -2.79. The molecule has 2 aliphatic rings. The van der Waals surface area contributed by atoms with E-state index in [-0.39, 0.29) is 11.5 Å². The monoisotopic (exact) mass is 393 g/mol. The molecular weight excluding hydrogens is 368 g/mol. The number of hydrogen-bond acceptors (Lipinski definition) is 3. The van der Waals surface area contributed by atoms with E-state index in [0.717, 1.165) is 37.2 Å². The zero-order chi connectivity index (χ0) is 20.5. The maximum Gasteiger partial charge on any atom is 0.150 e. The van der Waals surface area contributed by atoms with Gasteiger partial charge in [-0.1, -0.05) is 18.2 Å². The smallest absolute Gasteiger partial charge is 0.150 e. The van der Waals surface area contributed by atoms with Crippen molar-refractivity contribution in [3.63, 3.8) is 0 Å². The lowest BCUT2D eigenvalue weighted by Crippen LogP contribution is -2.27. The number of nitrogens with zero attached hydrogens (tertiary/aromatic N) is 2. The molecular formula is C24H25F2N3. The molecule has 3 nitrogen and oxygen atoms in total. The first-order valence-electron chi connectivity index (χ1n) is 9.95. The highest BCUT2D eigenvalue weighted by Gasteiger charge is 2.20. The van der Waals surface area contributed by atoms with Crippen molar-refractivity contribution in [1.82, 2.24) is 15.2 Å². The molecule has 150 valence electrons. The van der Waals surface area contributed by atoms with Crippen LogP contribution in [-0.2, 0) is 0 Å². The SMILES string of the molecule is C=C1C(F)=CC(c2cc(F)c3nc(C4CCNCC4)ccc3c2)=CN1C=C(C)C. The number of piperidine rings is 1. The summed E-state index contributed by atoms with van der Waals surface area (Å²) >= 11 is 0. The summed E-state index contributed by atoms with van der Waals surface area (Å²) in [5, 5.41) is 4.05. The summed E-state index contributed by atoms with van der Waals surface area (Å²) in [6, 6.07) is 7.21. The van der Waals surface area contributed by atoms with Crippen molar-refractivity contribution in [2.45, 2.75) is 32.6 Å². The van der Waals surface area contributed by atoms with Crippen LogP contribution in [0.2, 0.25) is 0 Å². The zero-order valence-corrected chi connectivity index (χ0v) is 16.8. The first-order valence-corrected chi connectivity index (χ1v) is 9.95. The molecule has 1 aromatic heterocycles. The van der Waals surface area contributed by atoms with Crippen LogP contribution < -0.4 is 5.32 Å². The highest BCUT2D eigenvalue weighted by Crippen LogP contribution is 2.33. The lowest BCUT2D eigenvalue weighted by atomic mass is 9.93. The molecule has 0 amide bonds. The quantitative estimate of drug-likeness (QED) is 0.716. The van der Waals surface area contributed by atoms with Crippen LogP contribution in [0.4, 0.5) is 8.78 Å². The van der Waals surface area contributed by atoms with Gasteiger partial charge in [0, 0.05) is 35.0 Å². The number of hydrogen-bond donors (Lipinski definition) is 1. The molecule has 4 rings (SSSR count). The minimum absolute atomic E-state index is 0.268. The summed E-state index contributed by atoms with van der Waals surface area (Å²) in [5.74, 6) is -0.456. The van der Waals surface area contributed by atoms with Crippen molar-refractivity contribution in [1.29, 1.82) is 0 Å². The van der Waals surface area contributed by atoms with Crippen molar-refractivity contribution >= 4 is 16.5 Å². The van der Waals surface area contributed by atoms with Crippen LogP contribution >= 0.6 is 0 Å². The highest BCUT2D eigenvalue weighted by atomic mass is 19.1. The summed E-state index contributed by atoms with van der Waals surface area (Å²) in [7, 11) is 0. The van der Waals surface area contributed by atoms with E-state index >= 15 is 0 Å². The normalized spacial score (nSPS) is 17.9. The molecule has 0 radical (unpaired) electrons. The van der Waals surface area contributed by atoms with Crippen molar-refractivity contribution in [2.24, 2.45) is 0 Å². The molecule has 1 N–H and O–H groups in total. The second-order valence-electron chi connectivity index (χ2n) is 7.93. The van der Waals surface area contributed by atoms with Crippen LogP contribution in [0.25, 0.3) is 16.5 Å². The van der Waals surface area contributed by atoms with Crippen LogP contribution in [0, 0.1) is 5.82 Å². The van der Waals surface area contributed by atoms with E-state index in [1.54, 1.807) is 17.3 Å². The minimum atomic E-state index is -0.431. The maximum atomic E-state index is 15.0. The molecule has 5 heteroatoms. The van der Waals surface area contributed by atoms with Crippen molar-refractivity contribution in [3.8, 4) is 0 Å². The molecule has 3 heterocycles. The van der Waals surface area contributed by atoms with Gasteiger partial charge < -0.3 is 10.2 Å². The fourth-order valence-electron chi connectivity index (χ4n) is 3.88. The summed E-state index contributed by atoms with van der Waals surface area (Å²) in [6.07, 6.45) is 7.00. The average molecular weight is 393 g/mol. The van der Waals surface area contributed by atoms with Crippen LogP contribution in [0.1, 0.15) is 43.9 Å². The third-order valence-electron chi connectivity index (χ3n) is 5.40. The second-order valence-corrected chi connectivity index (χ2v) is 7.93. The lowest BCUT2D eigenvalue weighted by Gasteiger charge is -2.24. The fourth-order valence-corrected chi connectivity index (χ4v) is 3.88. The predicted octanol–water partition coefficient (Wildman–Crippen LogP) is 5.79. The highest BCUT2D eigenvalue weighted by molar-refractivity contribution is 5.87. The molecule has 29 heavy (non-hydrogen) atoms. The molecule has 0 spiro atoms. The fraction of sp³-hybridized carbons (Fsp3) is 0.292. The predicted molar refractivity (Wildman–Crippen MR) is 114 cm³/mol. The van der Waals surface area contributed by atoms with Gasteiger partial charge in [0.05, 0.1) is 5.70 Å². The van der Waals surface area contributed by atoms with E-state index in [1.165, 1.54) is 12.1 Å². The van der Waals surface area contributed by atoms with Gasteiger partial charge in [0.1, 0.15) is 17.2 Å². The summed E-state index contributed by atoms with van der Waals surface area (Å²) in [6.45, 7) is 9.57. The van der Waals surface area contributed by atoms with E-state index in [1.807, 2.05) is 32.0 Å². The van der Waals surface area contributed by atoms with Crippen LogP contribution in [-0.4, -0.2) is 23.0 Å². The summed E-state index contributed by atoms with van der Waals surface area (Å²) in [4.78, 5) is 6.26. The number of nitrogens with one attached hydrogen (secondary N) is 1. The Morgan fingerprint density at radius 3 is 2.69 bits per heavy atom. The van der Waals surface area contributed by atoms with E-state index in [4.69, 9.17) is 0 Å². The molecule has 1 aromatic carbocycles. The van der Waals surface area contributed by atoms with Gasteiger partial charge in [-0.05, 0) is 69.6 Å². The lowest BCUT2D eigenvalue weighted by molar-refractivity contribution is 0.454. The Labute approximate surface area is 170 Å². The van der Waals surface area contributed by atoms with Crippen LogP contribution in [0.15, 0.2) is 66.4 Å². The zero-order valence-electron chi connectivity index (χ0n) is 16.8.